The van der Waals surface area contributed by atoms with Gasteiger partial charge in [-0.05, 0) is 37.5 Å². The number of nitrogens with one attached hydrogen (secondary N) is 1. The zero-order chi connectivity index (χ0) is 17.4. The Morgan fingerprint density at radius 3 is 2.80 bits per heavy atom. The Balaban J connectivity index is 1.51. The summed E-state index contributed by atoms with van der Waals surface area (Å²) in [6.07, 6.45) is 2.24. The lowest BCUT2D eigenvalue weighted by atomic mass is 9.74. The Bertz CT molecular complexity index is 843. The minimum Gasteiger partial charge on any atom is -0.481 e. The van der Waals surface area contributed by atoms with Gasteiger partial charge in [-0.3, -0.25) is 9.59 Å². The standard InChI is InChI=1S/C17H16N2O5S/c20-14(21)7-17(4-1-5-17)19-15(22)11-8-25-16(18-11)10-2-3-12-13(6-10)24-9-23-12/h2-3,6,8H,1,4-5,7,9H2,(H,19,22)(H,20,21). The molecule has 2 aliphatic rings. The van der Waals surface area contributed by atoms with Gasteiger partial charge in [0.05, 0.1) is 12.0 Å². The quantitative estimate of drug-likeness (QED) is 0.851. The lowest BCUT2D eigenvalue weighted by Crippen LogP contribution is -2.54. The number of ether oxygens (including phenoxy) is 2. The van der Waals surface area contributed by atoms with E-state index in [1.807, 2.05) is 18.2 Å². The summed E-state index contributed by atoms with van der Waals surface area (Å²) in [6, 6.07) is 5.52. The van der Waals surface area contributed by atoms with Crippen LogP contribution >= 0.6 is 11.3 Å². The number of aromatic nitrogens is 1. The molecule has 2 N–H and O–H groups in total. The average molecular weight is 360 g/mol. The summed E-state index contributed by atoms with van der Waals surface area (Å²) < 4.78 is 10.6. The second-order valence-corrected chi connectivity index (χ2v) is 7.12. The molecule has 0 saturated heterocycles. The Morgan fingerprint density at radius 2 is 2.08 bits per heavy atom. The van der Waals surface area contributed by atoms with Crippen LogP contribution in [-0.2, 0) is 4.79 Å². The van der Waals surface area contributed by atoms with Gasteiger partial charge in [0.1, 0.15) is 10.7 Å². The Hall–Kier alpha value is -2.61. The molecule has 1 amide bonds. The topological polar surface area (TPSA) is 97.8 Å². The molecule has 1 saturated carbocycles. The van der Waals surface area contributed by atoms with E-state index in [1.165, 1.54) is 11.3 Å². The second-order valence-electron chi connectivity index (χ2n) is 6.26. The number of rotatable bonds is 5. The summed E-state index contributed by atoms with van der Waals surface area (Å²) >= 11 is 1.36. The fourth-order valence-corrected chi connectivity index (χ4v) is 3.88. The molecule has 1 aliphatic heterocycles. The van der Waals surface area contributed by atoms with E-state index in [1.54, 1.807) is 5.38 Å². The van der Waals surface area contributed by atoms with Gasteiger partial charge in [0.2, 0.25) is 6.79 Å². The van der Waals surface area contributed by atoms with Crippen LogP contribution < -0.4 is 14.8 Å². The number of aliphatic carboxylic acids is 1. The molecule has 1 fully saturated rings. The fourth-order valence-electron chi connectivity index (χ4n) is 3.08. The molecule has 1 aliphatic carbocycles. The molecule has 130 valence electrons. The average Bonchev–Trinajstić information content (AvgIpc) is 3.20. The highest BCUT2D eigenvalue weighted by Crippen LogP contribution is 2.37. The fraction of sp³-hybridized carbons (Fsp3) is 0.353. The van der Waals surface area contributed by atoms with Gasteiger partial charge < -0.3 is 19.9 Å². The minimum absolute atomic E-state index is 0.0576. The second kappa shape index (κ2) is 6.03. The number of thiazole rings is 1. The van der Waals surface area contributed by atoms with Crippen molar-refractivity contribution in [2.24, 2.45) is 0 Å². The van der Waals surface area contributed by atoms with E-state index in [0.29, 0.717) is 35.0 Å². The third-order valence-corrected chi connectivity index (χ3v) is 5.43. The molecule has 2 heterocycles. The van der Waals surface area contributed by atoms with E-state index >= 15 is 0 Å². The SMILES string of the molecule is O=C(O)CC1(NC(=O)c2csc(-c3ccc4c(c3)OCO4)n2)CCC1. The maximum Gasteiger partial charge on any atom is 0.305 e. The molecular weight excluding hydrogens is 344 g/mol. The van der Waals surface area contributed by atoms with Crippen molar-refractivity contribution in [3.63, 3.8) is 0 Å². The van der Waals surface area contributed by atoms with E-state index in [9.17, 15) is 9.59 Å². The number of amides is 1. The highest BCUT2D eigenvalue weighted by molar-refractivity contribution is 7.13. The third-order valence-electron chi connectivity index (χ3n) is 4.54. The largest absolute Gasteiger partial charge is 0.481 e. The van der Waals surface area contributed by atoms with Crippen LogP contribution in [0.3, 0.4) is 0 Å². The van der Waals surface area contributed by atoms with Crippen LogP contribution in [0.2, 0.25) is 0 Å². The maximum atomic E-state index is 12.5. The van der Waals surface area contributed by atoms with Gasteiger partial charge in [-0.1, -0.05) is 0 Å². The van der Waals surface area contributed by atoms with E-state index < -0.39 is 11.5 Å². The minimum atomic E-state index is -0.903. The predicted octanol–water partition coefficient (Wildman–Crippen LogP) is 2.67. The smallest absolute Gasteiger partial charge is 0.305 e. The number of hydrogen-bond donors (Lipinski definition) is 2. The van der Waals surface area contributed by atoms with Gasteiger partial charge in [-0.2, -0.15) is 0 Å². The van der Waals surface area contributed by atoms with Crippen LogP contribution in [0.1, 0.15) is 36.2 Å². The Morgan fingerprint density at radius 1 is 1.28 bits per heavy atom. The van der Waals surface area contributed by atoms with Gasteiger partial charge in [0, 0.05) is 10.9 Å². The first kappa shape index (κ1) is 15.9. The van der Waals surface area contributed by atoms with Crippen LogP contribution in [0.15, 0.2) is 23.6 Å². The molecule has 2 aromatic rings. The monoisotopic (exact) mass is 360 g/mol. The van der Waals surface area contributed by atoms with Crippen LogP contribution in [0.4, 0.5) is 0 Å². The summed E-state index contributed by atoms with van der Waals surface area (Å²) in [6.45, 7) is 0.204. The van der Waals surface area contributed by atoms with Crippen molar-refractivity contribution >= 4 is 23.2 Å². The summed E-state index contributed by atoms with van der Waals surface area (Å²) in [5, 5.41) is 14.3. The van der Waals surface area contributed by atoms with E-state index in [4.69, 9.17) is 14.6 Å². The number of fused-ring (bicyclic) bond motifs is 1. The van der Waals surface area contributed by atoms with Crippen molar-refractivity contribution in [1.82, 2.24) is 10.3 Å². The van der Waals surface area contributed by atoms with Gasteiger partial charge in [-0.15, -0.1) is 11.3 Å². The lowest BCUT2D eigenvalue weighted by Gasteiger charge is -2.41. The molecule has 0 radical (unpaired) electrons. The first-order valence-corrected chi connectivity index (χ1v) is 8.83. The highest BCUT2D eigenvalue weighted by atomic mass is 32.1. The van der Waals surface area contributed by atoms with Crippen molar-refractivity contribution in [2.45, 2.75) is 31.2 Å². The molecule has 1 aromatic heterocycles. The van der Waals surface area contributed by atoms with Crippen molar-refractivity contribution in [3.8, 4) is 22.1 Å². The van der Waals surface area contributed by atoms with Crippen molar-refractivity contribution in [1.29, 1.82) is 0 Å². The summed E-state index contributed by atoms with van der Waals surface area (Å²) in [4.78, 5) is 27.9. The maximum absolute atomic E-state index is 12.5. The first-order valence-electron chi connectivity index (χ1n) is 7.95. The Labute approximate surface area is 147 Å². The number of carboxylic acids is 1. The Kier molecular flexibility index (Phi) is 3.84. The summed E-state index contributed by atoms with van der Waals surface area (Å²) in [5.41, 5.74) is 0.511. The molecule has 1 aromatic carbocycles. The van der Waals surface area contributed by atoms with Gasteiger partial charge in [0.25, 0.3) is 5.91 Å². The third kappa shape index (κ3) is 3.05. The number of carboxylic acid groups (broad SMARTS) is 1. The molecule has 8 heteroatoms. The van der Waals surface area contributed by atoms with E-state index in [0.717, 1.165) is 12.0 Å². The molecule has 0 unspecified atom stereocenters. The van der Waals surface area contributed by atoms with Gasteiger partial charge in [-0.25, -0.2) is 4.98 Å². The van der Waals surface area contributed by atoms with Crippen molar-refractivity contribution in [2.75, 3.05) is 6.79 Å². The molecular formula is C17H16N2O5S. The zero-order valence-corrected chi connectivity index (χ0v) is 14.1. The predicted molar refractivity (Wildman–Crippen MR) is 90.0 cm³/mol. The molecule has 4 rings (SSSR count). The van der Waals surface area contributed by atoms with Crippen molar-refractivity contribution in [3.05, 3.63) is 29.3 Å². The van der Waals surface area contributed by atoms with Crippen LogP contribution in [-0.4, -0.2) is 34.3 Å². The van der Waals surface area contributed by atoms with Crippen LogP contribution in [0, 0.1) is 0 Å². The van der Waals surface area contributed by atoms with E-state index in [2.05, 4.69) is 10.3 Å². The molecule has 0 spiro atoms. The number of nitrogens with zero attached hydrogens (tertiary/aromatic N) is 1. The number of carbonyl (C=O) groups is 2. The molecule has 0 bridgehead atoms. The molecule has 0 atom stereocenters. The first-order chi connectivity index (χ1) is 12.0. The summed E-state index contributed by atoms with van der Waals surface area (Å²) in [5.74, 6) is 0.121. The molecule has 25 heavy (non-hydrogen) atoms. The summed E-state index contributed by atoms with van der Waals surface area (Å²) in [7, 11) is 0. The van der Waals surface area contributed by atoms with Gasteiger partial charge in [0.15, 0.2) is 11.5 Å². The van der Waals surface area contributed by atoms with Crippen LogP contribution in [0.25, 0.3) is 10.6 Å². The normalized spacial score (nSPS) is 17.0. The van der Waals surface area contributed by atoms with E-state index in [-0.39, 0.29) is 19.1 Å². The van der Waals surface area contributed by atoms with Gasteiger partial charge >= 0.3 is 5.97 Å². The number of benzene rings is 1. The van der Waals surface area contributed by atoms with Crippen molar-refractivity contribution < 1.29 is 24.2 Å². The number of carbonyl (C=O) groups excluding carboxylic acids is 1. The van der Waals surface area contributed by atoms with Crippen LogP contribution in [0.5, 0.6) is 11.5 Å². The highest BCUT2D eigenvalue weighted by Gasteiger charge is 2.40. The number of hydrogen-bond acceptors (Lipinski definition) is 6. The zero-order valence-electron chi connectivity index (χ0n) is 13.3. The lowest BCUT2D eigenvalue weighted by molar-refractivity contribution is -0.139. The molecule has 7 nitrogen and oxygen atoms in total.